The van der Waals surface area contributed by atoms with E-state index in [1.54, 1.807) is 12.1 Å². The van der Waals surface area contributed by atoms with Gasteiger partial charge < -0.3 is 11.1 Å². The SMILES string of the molecule is CC1CCC(CNC[C@H](Cc2ccc(F)cc2)C(N)=O)CC1. The number of halogens is 1. The normalized spacial score (nSPS) is 23.2. The lowest BCUT2D eigenvalue weighted by atomic mass is 9.83. The Bertz CT molecular complexity index is 466. The summed E-state index contributed by atoms with van der Waals surface area (Å²) in [6, 6.07) is 6.27. The molecule has 0 heterocycles. The van der Waals surface area contributed by atoms with Gasteiger partial charge in [-0.05, 0) is 55.3 Å². The summed E-state index contributed by atoms with van der Waals surface area (Å²) >= 11 is 0. The second-order valence-corrected chi connectivity index (χ2v) is 6.71. The van der Waals surface area contributed by atoms with Gasteiger partial charge in [0, 0.05) is 6.54 Å². The van der Waals surface area contributed by atoms with Crippen LogP contribution in [0.2, 0.25) is 0 Å². The van der Waals surface area contributed by atoms with E-state index in [4.69, 9.17) is 5.73 Å². The van der Waals surface area contributed by atoms with Crippen LogP contribution >= 0.6 is 0 Å². The second kappa shape index (κ2) is 8.28. The van der Waals surface area contributed by atoms with Crippen LogP contribution in [-0.4, -0.2) is 19.0 Å². The van der Waals surface area contributed by atoms with E-state index < -0.39 is 0 Å². The molecule has 0 bridgehead atoms. The molecule has 0 unspecified atom stereocenters. The zero-order valence-electron chi connectivity index (χ0n) is 13.4. The Hall–Kier alpha value is -1.42. The van der Waals surface area contributed by atoms with Crippen molar-refractivity contribution in [3.8, 4) is 0 Å². The summed E-state index contributed by atoms with van der Waals surface area (Å²) in [5.41, 5.74) is 6.44. The Kier molecular flexibility index (Phi) is 6.37. The van der Waals surface area contributed by atoms with Gasteiger partial charge in [0.25, 0.3) is 0 Å². The van der Waals surface area contributed by atoms with Gasteiger partial charge in [0.15, 0.2) is 0 Å². The van der Waals surface area contributed by atoms with E-state index in [-0.39, 0.29) is 17.6 Å². The van der Waals surface area contributed by atoms with Gasteiger partial charge in [0.2, 0.25) is 5.91 Å². The van der Waals surface area contributed by atoms with E-state index in [1.165, 1.54) is 37.8 Å². The van der Waals surface area contributed by atoms with Crippen LogP contribution in [0.1, 0.15) is 38.2 Å². The summed E-state index contributed by atoms with van der Waals surface area (Å²) in [6.45, 7) is 3.87. The quantitative estimate of drug-likeness (QED) is 0.814. The summed E-state index contributed by atoms with van der Waals surface area (Å²) in [4.78, 5) is 11.6. The van der Waals surface area contributed by atoms with E-state index in [9.17, 15) is 9.18 Å². The fraction of sp³-hybridized carbons (Fsp3) is 0.611. The number of primary amides is 1. The molecular weight excluding hydrogens is 279 g/mol. The Morgan fingerprint density at radius 1 is 1.27 bits per heavy atom. The number of carbonyl (C=O) groups is 1. The Morgan fingerprint density at radius 3 is 2.50 bits per heavy atom. The Morgan fingerprint density at radius 2 is 1.91 bits per heavy atom. The van der Waals surface area contributed by atoms with Crippen molar-refractivity contribution in [2.45, 2.75) is 39.0 Å². The van der Waals surface area contributed by atoms with Gasteiger partial charge >= 0.3 is 0 Å². The van der Waals surface area contributed by atoms with E-state index in [1.807, 2.05) is 0 Å². The Balaban J connectivity index is 1.77. The first-order valence-corrected chi connectivity index (χ1v) is 8.29. The minimum Gasteiger partial charge on any atom is -0.369 e. The third-order valence-electron chi connectivity index (χ3n) is 4.76. The van der Waals surface area contributed by atoms with E-state index >= 15 is 0 Å². The number of benzene rings is 1. The molecule has 4 heteroatoms. The molecule has 1 aliphatic rings. The van der Waals surface area contributed by atoms with Gasteiger partial charge in [-0.15, -0.1) is 0 Å². The summed E-state index contributed by atoms with van der Waals surface area (Å²) in [5, 5.41) is 3.41. The minimum absolute atomic E-state index is 0.243. The molecule has 1 aliphatic carbocycles. The summed E-state index contributed by atoms with van der Waals surface area (Å²) < 4.78 is 12.9. The predicted octanol–water partition coefficient (Wildman–Crippen LogP) is 2.89. The highest BCUT2D eigenvalue weighted by Gasteiger charge is 2.20. The number of carbonyl (C=O) groups excluding carboxylic acids is 1. The molecule has 1 fully saturated rings. The predicted molar refractivity (Wildman–Crippen MR) is 86.8 cm³/mol. The van der Waals surface area contributed by atoms with Crippen molar-refractivity contribution in [3.05, 3.63) is 35.6 Å². The minimum atomic E-state index is -0.297. The van der Waals surface area contributed by atoms with Crippen molar-refractivity contribution in [1.82, 2.24) is 5.32 Å². The molecule has 1 saturated carbocycles. The van der Waals surface area contributed by atoms with Gasteiger partial charge in [0.1, 0.15) is 5.82 Å². The molecule has 22 heavy (non-hydrogen) atoms. The lowest BCUT2D eigenvalue weighted by Crippen LogP contribution is -2.37. The highest BCUT2D eigenvalue weighted by atomic mass is 19.1. The van der Waals surface area contributed by atoms with Crippen LogP contribution in [0.25, 0.3) is 0 Å². The van der Waals surface area contributed by atoms with Gasteiger partial charge in [0.05, 0.1) is 5.92 Å². The standard InChI is InChI=1S/C18H27FN2O/c1-13-2-4-15(5-3-13)11-21-12-16(18(20)22)10-14-6-8-17(19)9-7-14/h6-9,13,15-16,21H,2-5,10-12H2,1H3,(H2,20,22)/t13?,15?,16-/m0/s1. The van der Waals surface area contributed by atoms with Crippen LogP contribution in [0.4, 0.5) is 4.39 Å². The number of hydrogen-bond acceptors (Lipinski definition) is 2. The van der Waals surface area contributed by atoms with E-state index in [2.05, 4.69) is 12.2 Å². The maximum Gasteiger partial charge on any atom is 0.222 e. The average molecular weight is 306 g/mol. The third kappa shape index (κ3) is 5.41. The first-order chi connectivity index (χ1) is 10.5. The molecule has 3 nitrogen and oxygen atoms in total. The van der Waals surface area contributed by atoms with Gasteiger partial charge in [-0.1, -0.05) is 31.9 Å². The molecule has 1 atom stereocenters. The highest BCUT2D eigenvalue weighted by Crippen LogP contribution is 2.27. The lowest BCUT2D eigenvalue weighted by molar-refractivity contribution is -0.121. The van der Waals surface area contributed by atoms with Gasteiger partial charge in [-0.3, -0.25) is 4.79 Å². The third-order valence-corrected chi connectivity index (χ3v) is 4.76. The van der Waals surface area contributed by atoms with Crippen molar-refractivity contribution in [3.63, 3.8) is 0 Å². The molecule has 0 saturated heterocycles. The van der Waals surface area contributed by atoms with Crippen LogP contribution in [0.3, 0.4) is 0 Å². The number of hydrogen-bond donors (Lipinski definition) is 2. The van der Waals surface area contributed by atoms with Crippen LogP contribution in [0.15, 0.2) is 24.3 Å². The molecule has 2 rings (SSSR count). The van der Waals surface area contributed by atoms with Crippen molar-refractivity contribution >= 4 is 5.91 Å². The number of nitrogens with two attached hydrogens (primary N) is 1. The topological polar surface area (TPSA) is 55.1 Å². The molecule has 3 N–H and O–H groups in total. The smallest absolute Gasteiger partial charge is 0.222 e. The molecule has 0 radical (unpaired) electrons. The van der Waals surface area contributed by atoms with Crippen molar-refractivity contribution in [2.24, 2.45) is 23.5 Å². The van der Waals surface area contributed by atoms with Gasteiger partial charge in [-0.2, -0.15) is 0 Å². The average Bonchev–Trinajstić information content (AvgIpc) is 2.50. The maximum atomic E-state index is 12.9. The van der Waals surface area contributed by atoms with Crippen molar-refractivity contribution in [2.75, 3.05) is 13.1 Å². The number of rotatable bonds is 7. The summed E-state index contributed by atoms with van der Waals surface area (Å²) in [6.07, 6.45) is 5.72. The number of amides is 1. The molecule has 122 valence electrons. The van der Waals surface area contributed by atoms with Crippen molar-refractivity contribution in [1.29, 1.82) is 0 Å². The van der Waals surface area contributed by atoms with E-state index in [0.717, 1.165) is 23.9 Å². The fourth-order valence-corrected chi connectivity index (χ4v) is 3.17. The second-order valence-electron chi connectivity index (χ2n) is 6.71. The van der Waals surface area contributed by atoms with Crippen LogP contribution in [0, 0.1) is 23.6 Å². The van der Waals surface area contributed by atoms with Gasteiger partial charge in [-0.25, -0.2) is 4.39 Å². The van der Waals surface area contributed by atoms with Crippen molar-refractivity contribution < 1.29 is 9.18 Å². The van der Waals surface area contributed by atoms with Crippen LogP contribution in [0.5, 0.6) is 0 Å². The largest absolute Gasteiger partial charge is 0.369 e. The molecule has 1 aromatic rings. The zero-order valence-corrected chi connectivity index (χ0v) is 13.4. The van der Waals surface area contributed by atoms with Crippen LogP contribution in [-0.2, 0) is 11.2 Å². The van der Waals surface area contributed by atoms with Crippen LogP contribution < -0.4 is 11.1 Å². The molecule has 0 aromatic heterocycles. The molecule has 0 spiro atoms. The first kappa shape index (κ1) is 16.9. The zero-order chi connectivity index (χ0) is 15.9. The van der Waals surface area contributed by atoms with E-state index in [0.29, 0.717) is 13.0 Å². The first-order valence-electron chi connectivity index (χ1n) is 8.29. The lowest BCUT2D eigenvalue weighted by Gasteiger charge is -2.26. The molecule has 1 amide bonds. The monoisotopic (exact) mass is 306 g/mol. The summed E-state index contributed by atoms with van der Waals surface area (Å²) in [5.74, 6) is 0.773. The molecule has 0 aliphatic heterocycles. The summed E-state index contributed by atoms with van der Waals surface area (Å²) in [7, 11) is 0. The fourth-order valence-electron chi connectivity index (χ4n) is 3.17. The molecular formula is C18H27FN2O. The molecule has 1 aromatic carbocycles. The maximum absolute atomic E-state index is 12.9. The number of nitrogens with one attached hydrogen (secondary N) is 1. The Labute approximate surface area is 132 Å². The highest BCUT2D eigenvalue weighted by molar-refractivity contribution is 5.77.